The molecule has 2 aliphatic rings. The van der Waals surface area contributed by atoms with Gasteiger partial charge < -0.3 is 16.3 Å². The van der Waals surface area contributed by atoms with Crippen molar-refractivity contribution in [3.63, 3.8) is 0 Å². The lowest BCUT2D eigenvalue weighted by Gasteiger charge is -2.48. The van der Waals surface area contributed by atoms with E-state index in [2.05, 4.69) is 22.0 Å². The molecule has 0 saturated carbocycles. The number of thioether (sulfide) groups is 1. The molecule has 0 spiro atoms. The zero-order valence-corrected chi connectivity index (χ0v) is 14.3. The number of rotatable bonds is 5. The number of oxime groups is 1. The van der Waals surface area contributed by atoms with Gasteiger partial charge in [-0.1, -0.05) is 17.8 Å². The molecule has 1 saturated heterocycles. The fraction of sp³-hybridized carbons (Fsp3) is 0.214. The van der Waals surface area contributed by atoms with Crippen LogP contribution in [-0.2, 0) is 14.4 Å². The largest absolute Gasteiger partial charge is 0.410 e. The Morgan fingerprint density at radius 2 is 2.40 bits per heavy atom. The van der Waals surface area contributed by atoms with E-state index in [9.17, 15) is 14.4 Å². The van der Waals surface area contributed by atoms with Crippen LogP contribution in [0.3, 0.4) is 0 Å². The Balaban J connectivity index is 1.76. The maximum atomic E-state index is 12.3. The smallest absolute Gasteiger partial charge is 0.276 e. The Labute approximate surface area is 150 Å². The first-order valence-electron chi connectivity index (χ1n) is 6.94. The van der Waals surface area contributed by atoms with E-state index in [0.29, 0.717) is 11.3 Å². The number of hydrogen-bond donors (Lipinski definition) is 3. The van der Waals surface area contributed by atoms with Gasteiger partial charge in [-0.3, -0.25) is 19.3 Å². The number of aromatic nitrogens is 1. The molecule has 3 heterocycles. The quantitative estimate of drug-likeness (QED) is 0.280. The Bertz CT molecular complexity index is 831. The number of fused-ring (bicyclic) bond motifs is 1. The van der Waals surface area contributed by atoms with E-state index in [1.807, 2.05) is 0 Å². The van der Waals surface area contributed by atoms with E-state index in [4.69, 9.17) is 10.9 Å². The Morgan fingerprint density at radius 1 is 1.64 bits per heavy atom. The first-order valence-corrected chi connectivity index (χ1v) is 8.87. The number of carbonyl (C=O) groups excluding carboxylic acids is 3. The molecule has 1 unspecified atom stereocenters. The molecule has 2 atom stereocenters. The van der Waals surface area contributed by atoms with E-state index in [-0.39, 0.29) is 22.2 Å². The maximum absolute atomic E-state index is 12.3. The van der Waals surface area contributed by atoms with Crippen molar-refractivity contribution in [3.8, 4) is 0 Å². The monoisotopic (exact) mass is 378 g/mol. The summed E-state index contributed by atoms with van der Waals surface area (Å²) >= 11 is 2.47. The second-order valence-corrected chi connectivity index (χ2v) is 7.06. The summed E-state index contributed by atoms with van der Waals surface area (Å²) in [6, 6.07) is -0.847. The minimum Gasteiger partial charge on any atom is -0.410 e. The molecule has 3 rings (SSSR count). The van der Waals surface area contributed by atoms with Gasteiger partial charge in [0.25, 0.3) is 18.1 Å². The van der Waals surface area contributed by atoms with Gasteiger partial charge in [-0.05, 0) is 5.57 Å². The average Bonchev–Trinajstić information content (AvgIpc) is 3.04. The van der Waals surface area contributed by atoms with Crippen LogP contribution >= 0.6 is 23.1 Å². The van der Waals surface area contributed by atoms with Gasteiger partial charge in [-0.25, -0.2) is 4.98 Å². The molecule has 11 heteroatoms. The predicted molar refractivity (Wildman–Crippen MR) is 92.8 cm³/mol. The topological polar surface area (TPSA) is 138 Å². The summed E-state index contributed by atoms with van der Waals surface area (Å²) < 4.78 is 0. The molecule has 2 aliphatic heterocycles. The maximum Gasteiger partial charge on any atom is 0.276 e. The van der Waals surface area contributed by atoms with Crippen molar-refractivity contribution < 1.29 is 19.6 Å². The molecule has 9 nitrogen and oxygen atoms in total. The summed E-state index contributed by atoms with van der Waals surface area (Å²) in [5.74, 6) is -0.738. The molecule has 1 aromatic rings. The summed E-state index contributed by atoms with van der Waals surface area (Å²) in [4.78, 5) is 40.9. The van der Waals surface area contributed by atoms with Crippen molar-refractivity contribution in [3.05, 3.63) is 35.0 Å². The number of hydrogen-bond acceptors (Lipinski definition) is 9. The first-order chi connectivity index (χ1) is 12.0. The zero-order chi connectivity index (χ0) is 18.1. The Hall–Kier alpha value is -2.66. The van der Waals surface area contributed by atoms with Crippen molar-refractivity contribution in [2.75, 3.05) is 11.5 Å². The number of carbonyl (C=O) groups is 2. The lowest BCUT2D eigenvalue weighted by atomic mass is 10.0. The van der Waals surface area contributed by atoms with Gasteiger partial charge in [0, 0.05) is 11.1 Å². The summed E-state index contributed by atoms with van der Waals surface area (Å²) in [6.45, 7) is 3.61. The molecule has 0 aliphatic carbocycles. The summed E-state index contributed by atoms with van der Waals surface area (Å²) in [6.07, 6.45) is 3.26. The second kappa shape index (κ2) is 6.69. The highest BCUT2D eigenvalue weighted by molar-refractivity contribution is 8.00. The van der Waals surface area contributed by atoms with Gasteiger partial charge in [0.1, 0.15) is 22.8 Å². The Morgan fingerprint density at radius 3 is 2.96 bits per heavy atom. The van der Waals surface area contributed by atoms with E-state index in [1.165, 1.54) is 28.1 Å². The third-order valence-corrected chi connectivity index (χ3v) is 5.68. The number of anilines is 1. The summed E-state index contributed by atoms with van der Waals surface area (Å²) in [5.41, 5.74) is 6.02. The standard InChI is InChI=1S/C14H12N5O4S2/c1-2-6-4-24-13-10(12(22)19(13)8(6)3-20)17-11(21)9(18-23)7-5-25-14(15)16-7/h2,5,10,13,23H,1,4H2,(H2,15,16)(H,17,21)/b18-9-/t10?,13-/m1/s1. The lowest BCUT2D eigenvalue weighted by molar-refractivity contribution is -0.144. The summed E-state index contributed by atoms with van der Waals surface area (Å²) in [5, 5.41) is 15.8. The third-order valence-electron chi connectivity index (χ3n) is 3.71. The van der Waals surface area contributed by atoms with Gasteiger partial charge in [-0.2, -0.15) is 0 Å². The molecule has 1 fully saturated rings. The normalized spacial score (nSPS) is 23.0. The Kier molecular flexibility index (Phi) is 4.59. The van der Waals surface area contributed by atoms with Crippen LogP contribution in [-0.4, -0.2) is 56.1 Å². The highest BCUT2D eigenvalue weighted by atomic mass is 32.2. The van der Waals surface area contributed by atoms with Crippen LogP contribution in [0, 0.1) is 0 Å². The number of nitrogens with two attached hydrogens (primary N) is 1. The van der Waals surface area contributed by atoms with Crippen molar-refractivity contribution in [1.82, 2.24) is 15.2 Å². The number of nitrogens with one attached hydrogen (secondary N) is 1. The van der Waals surface area contributed by atoms with Crippen LogP contribution in [0.1, 0.15) is 5.69 Å². The molecule has 0 aromatic carbocycles. The highest BCUT2D eigenvalue weighted by Gasteiger charge is 2.52. The number of allylic oxidation sites excluding steroid dienone is 2. The van der Waals surface area contributed by atoms with Crippen LogP contribution in [0.5, 0.6) is 0 Å². The minimum atomic E-state index is -0.847. The van der Waals surface area contributed by atoms with Crippen molar-refractivity contribution in [2.24, 2.45) is 5.16 Å². The van der Waals surface area contributed by atoms with Gasteiger partial charge >= 0.3 is 0 Å². The molecule has 1 aromatic heterocycles. The fourth-order valence-corrected chi connectivity index (χ4v) is 4.38. The number of nitrogen functional groups attached to an aromatic ring is 1. The first kappa shape index (κ1) is 17.2. The van der Waals surface area contributed by atoms with Crippen molar-refractivity contribution >= 4 is 52.0 Å². The van der Waals surface area contributed by atoms with Crippen LogP contribution in [0.4, 0.5) is 5.13 Å². The average molecular weight is 378 g/mol. The van der Waals surface area contributed by atoms with Crippen molar-refractivity contribution in [1.29, 1.82) is 0 Å². The number of amides is 2. The van der Waals surface area contributed by atoms with Crippen LogP contribution in [0.25, 0.3) is 0 Å². The van der Waals surface area contributed by atoms with E-state index in [1.54, 1.807) is 6.29 Å². The minimum absolute atomic E-state index is 0.109. The van der Waals surface area contributed by atoms with Crippen molar-refractivity contribution in [2.45, 2.75) is 11.4 Å². The molecular weight excluding hydrogens is 366 g/mol. The molecule has 2 amide bonds. The van der Waals surface area contributed by atoms with Gasteiger partial charge in [0.2, 0.25) is 0 Å². The highest BCUT2D eigenvalue weighted by Crippen LogP contribution is 2.39. The third kappa shape index (κ3) is 2.81. The molecule has 25 heavy (non-hydrogen) atoms. The van der Waals surface area contributed by atoms with Gasteiger partial charge in [0.15, 0.2) is 10.8 Å². The molecule has 0 bridgehead atoms. The van der Waals surface area contributed by atoms with Crippen LogP contribution in [0.15, 0.2) is 34.5 Å². The lowest BCUT2D eigenvalue weighted by Crippen LogP contribution is -2.70. The molecular formula is C14H12N5O4S2. The number of thiazole rings is 1. The van der Waals surface area contributed by atoms with E-state index in [0.717, 1.165) is 11.3 Å². The number of nitrogens with zero attached hydrogens (tertiary/aromatic N) is 3. The van der Waals surface area contributed by atoms with Crippen LogP contribution in [0.2, 0.25) is 0 Å². The SMILES string of the molecule is C=CC1=C([C]=O)N2C(=O)C(NC(=O)/C(=N\O)c3csc(N)n3)[C@H]2SC1. The predicted octanol–water partition coefficient (Wildman–Crippen LogP) is -0.147. The van der Waals surface area contributed by atoms with E-state index < -0.39 is 23.2 Å². The molecule has 129 valence electrons. The van der Waals surface area contributed by atoms with Crippen LogP contribution < -0.4 is 11.1 Å². The second-order valence-electron chi connectivity index (χ2n) is 5.06. The number of β-lactam (4-membered cyclic amide) rings is 1. The fourth-order valence-electron chi connectivity index (χ4n) is 2.49. The van der Waals surface area contributed by atoms with E-state index >= 15 is 0 Å². The molecule has 4 N–H and O–H groups in total. The summed E-state index contributed by atoms with van der Waals surface area (Å²) in [7, 11) is 0. The van der Waals surface area contributed by atoms with Gasteiger partial charge in [0.05, 0.1) is 0 Å². The molecule has 1 radical (unpaired) electrons. The zero-order valence-electron chi connectivity index (χ0n) is 12.6. The van der Waals surface area contributed by atoms with Gasteiger partial charge in [-0.15, -0.1) is 23.1 Å².